The molecule has 2 aromatic rings. The second-order valence-corrected chi connectivity index (χ2v) is 7.13. The molecule has 4 rings (SSSR count). The first-order valence-electron chi connectivity index (χ1n) is 9.54. The van der Waals surface area contributed by atoms with Crippen molar-refractivity contribution in [3.05, 3.63) is 77.7 Å². The van der Waals surface area contributed by atoms with Crippen molar-refractivity contribution in [3.8, 4) is 0 Å². The molecule has 6 nitrogen and oxygen atoms in total. The van der Waals surface area contributed by atoms with Gasteiger partial charge in [-0.15, -0.1) is 0 Å². The summed E-state index contributed by atoms with van der Waals surface area (Å²) in [5.74, 6) is -0.111. The van der Waals surface area contributed by atoms with Gasteiger partial charge in [-0.1, -0.05) is 6.58 Å². The smallest absolute Gasteiger partial charge is 0.255 e. The molecule has 4 heterocycles. The Labute approximate surface area is 165 Å². The van der Waals surface area contributed by atoms with Crippen LogP contribution < -0.4 is 5.32 Å². The topological polar surface area (TPSA) is 52.9 Å². The first-order valence-corrected chi connectivity index (χ1v) is 9.54. The van der Waals surface area contributed by atoms with Crippen LogP contribution in [0, 0.1) is 13.8 Å². The normalized spacial score (nSPS) is 17.6. The first-order chi connectivity index (χ1) is 13.5. The average molecular weight is 375 g/mol. The number of aryl methyl sites for hydroxylation is 2. The van der Waals surface area contributed by atoms with Crippen LogP contribution in [0.2, 0.25) is 0 Å². The van der Waals surface area contributed by atoms with E-state index in [0.717, 1.165) is 54.5 Å². The van der Waals surface area contributed by atoms with Gasteiger partial charge in [-0.25, -0.2) is 4.98 Å². The number of carbonyl (C=O) groups is 1. The fraction of sp³-hybridized carbons (Fsp3) is 0.273. The maximum absolute atomic E-state index is 12.8. The van der Waals surface area contributed by atoms with E-state index in [2.05, 4.69) is 21.8 Å². The summed E-state index contributed by atoms with van der Waals surface area (Å²) in [6, 6.07) is 3.94. The van der Waals surface area contributed by atoms with Crippen LogP contribution in [0.5, 0.6) is 0 Å². The van der Waals surface area contributed by atoms with E-state index in [-0.39, 0.29) is 5.91 Å². The molecule has 0 bridgehead atoms. The maximum atomic E-state index is 12.8. The molecule has 0 radical (unpaired) electrons. The van der Waals surface area contributed by atoms with Crippen molar-refractivity contribution in [2.24, 2.45) is 0 Å². The van der Waals surface area contributed by atoms with E-state index in [1.807, 2.05) is 61.0 Å². The van der Waals surface area contributed by atoms with E-state index in [0.29, 0.717) is 5.70 Å². The Balaban J connectivity index is 1.53. The number of amides is 1. The molecule has 2 aromatic heterocycles. The van der Waals surface area contributed by atoms with Crippen LogP contribution >= 0.6 is 0 Å². The second-order valence-electron chi connectivity index (χ2n) is 7.13. The van der Waals surface area contributed by atoms with Crippen molar-refractivity contribution in [2.75, 3.05) is 26.2 Å². The Kier molecular flexibility index (Phi) is 4.88. The van der Waals surface area contributed by atoms with Crippen molar-refractivity contribution < 1.29 is 4.79 Å². The second kappa shape index (κ2) is 7.48. The summed E-state index contributed by atoms with van der Waals surface area (Å²) < 4.78 is 2.05. The molecule has 1 N–H and O–H groups in total. The van der Waals surface area contributed by atoms with Gasteiger partial charge in [-0.3, -0.25) is 9.69 Å². The molecule has 0 saturated carbocycles. The van der Waals surface area contributed by atoms with E-state index in [4.69, 9.17) is 0 Å². The lowest BCUT2D eigenvalue weighted by Gasteiger charge is -2.33. The molecule has 0 spiro atoms. The highest BCUT2D eigenvalue weighted by Crippen LogP contribution is 2.20. The Morgan fingerprint density at radius 2 is 2.00 bits per heavy atom. The van der Waals surface area contributed by atoms with Gasteiger partial charge in [-0.05, 0) is 49.8 Å². The van der Waals surface area contributed by atoms with Gasteiger partial charge in [-0.2, -0.15) is 0 Å². The van der Waals surface area contributed by atoms with E-state index in [9.17, 15) is 4.79 Å². The number of nitrogens with zero attached hydrogens (tertiary/aromatic N) is 4. The summed E-state index contributed by atoms with van der Waals surface area (Å²) >= 11 is 0. The van der Waals surface area contributed by atoms with Crippen LogP contribution in [-0.4, -0.2) is 51.3 Å². The minimum atomic E-state index is -0.111. The molecule has 6 heteroatoms. The number of carbonyl (C=O) groups excluding carboxylic acids is 1. The first kappa shape index (κ1) is 18.3. The lowest BCUT2D eigenvalue weighted by Crippen LogP contribution is -2.43. The highest BCUT2D eigenvalue weighted by Gasteiger charge is 2.19. The van der Waals surface area contributed by atoms with Gasteiger partial charge in [0.15, 0.2) is 0 Å². The SMILES string of the molecule is C=C1C=CC(N2CCNCC2)=CN1C(=O)/C=C/c1ccc2nc(C)c(C)n2c1. The predicted octanol–water partition coefficient (Wildman–Crippen LogP) is 2.62. The molecule has 1 fully saturated rings. The summed E-state index contributed by atoms with van der Waals surface area (Å²) in [6.07, 6.45) is 11.2. The number of aromatic nitrogens is 2. The third-order valence-corrected chi connectivity index (χ3v) is 5.27. The number of allylic oxidation sites excluding steroid dienone is 2. The summed E-state index contributed by atoms with van der Waals surface area (Å²) in [6.45, 7) is 11.8. The highest BCUT2D eigenvalue weighted by molar-refractivity contribution is 5.94. The lowest BCUT2D eigenvalue weighted by atomic mass is 10.2. The zero-order valence-electron chi connectivity index (χ0n) is 16.4. The lowest BCUT2D eigenvalue weighted by molar-refractivity contribution is -0.122. The van der Waals surface area contributed by atoms with Gasteiger partial charge in [0.25, 0.3) is 5.91 Å². The summed E-state index contributed by atoms with van der Waals surface area (Å²) in [4.78, 5) is 21.2. The third kappa shape index (κ3) is 3.51. The Hall–Kier alpha value is -3.12. The van der Waals surface area contributed by atoms with Gasteiger partial charge in [0, 0.05) is 56.0 Å². The number of rotatable bonds is 3. The molecular formula is C22H25N5O. The highest BCUT2D eigenvalue weighted by atomic mass is 16.2. The van der Waals surface area contributed by atoms with Crippen LogP contribution in [0.4, 0.5) is 0 Å². The molecule has 1 amide bonds. The Morgan fingerprint density at radius 1 is 1.21 bits per heavy atom. The molecule has 28 heavy (non-hydrogen) atoms. The molecular weight excluding hydrogens is 350 g/mol. The molecule has 0 atom stereocenters. The van der Waals surface area contributed by atoms with Crippen molar-refractivity contribution in [2.45, 2.75) is 13.8 Å². The quantitative estimate of drug-likeness (QED) is 0.838. The van der Waals surface area contributed by atoms with Crippen molar-refractivity contribution in [1.29, 1.82) is 0 Å². The fourth-order valence-electron chi connectivity index (χ4n) is 3.48. The number of fused-ring (bicyclic) bond motifs is 1. The minimum Gasteiger partial charge on any atom is -0.368 e. The van der Waals surface area contributed by atoms with Crippen LogP contribution in [0.3, 0.4) is 0 Å². The summed E-state index contributed by atoms with van der Waals surface area (Å²) in [7, 11) is 0. The molecule has 2 aliphatic heterocycles. The largest absolute Gasteiger partial charge is 0.368 e. The Morgan fingerprint density at radius 3 is 2.79 bits per heavy atom. The minimum absolute atomic E-state index is 0.111. The standard InChI is InChI=1S/C22H25N5O/c1-16-4-7-20(25-12-10-23-11-13-25)15-26(16)22(28)9-6-19-5-8-21-24-17(2)18(3)27(21)14-19/h4-9,14-15,23H,1,10-13H2,2-3H3/b9-6+. The molecule has 0 aliphatic carbocycles. The molecule has 2 aliphatic rings. The average Bonchev–Trinajstić information content (AvgIpc) is 3.00. The van der Waals surface area contributed by atoms with Crippen LogP contribution in [-0.2, 0) is 4.79 Å². The summed E-state index contributed by atoms with van der Waals surface area (Å²) in [5, 5.41) is 3.34. The number of piperazine rings is 1. The monoisotopic (exact) mass is 375 g/mol. The number of nitrogens with one attached hydrogen (secondary N) is 1. The predicted molar refractivity (Wildman–Crippen MR) is 111 cm³/mol. The zero-order chi connectivity index (χ0) is 19.7. The van der Waals surface area contributed by atoms with Crippen molar-refractivity contribution >= 4 is 17.6 Å². The van der Waals surface area contributed by atoms with Gasteiger partial charge < -0.3 is 14.6 Å². The van der Waals surface area contributed by atoms with Gasteiger partial charge in [0.1, 0.15) is 5.65 Å². The molecule has 0 unspecified atom stereocenters. The molecule has 144 valence electrons. The van der Waals surface area contributed by atoms with Gasteiger partial charge >= 0.3 is 0 Å². The van der Waals surface area contributed by atoms with Crippen molar-refractivity contribution in [3.63, 3.8) is 0 Å². The Bertz CT molecular complexity index is 1020. The van der Waals surface area contributed by atoms with Gasteiger partial charge in [0.05, 0.1) is 11.4 Å². The molecule has 1 saturated heterocycles. The molecule has 0 aromatic carbocycles. The number of pyridine rings is 1. The van der Waals surface area contributed by atoms with Crippen LogP contribution in [0.15, 0.2) is 60.7 Å². The van der Waals surface area contributed by atoms with Crippen molar-refractivity contribution in [1.82, 2.24) is 24.5 Å². The number of imidazole rings is 1. The fourth-order valence-corrected chi connectivity index (χ4v) is 3.48. The van der Waals surface area contributed by atoms with E-state index < -0.39 is 0 Å². The third-order valence-electron chi connectivity index (χ3n) is 5.27. The van der Waals surface area contributed by atoms with Gasteiger partial charge in [0.2, 0.25) is 0 Å². The van der Waals surface area contributed by atoms with E-state index in [1.165, 1.54) is 0 Å². The zero-order valence-corrected chi connectivity index (χ0v) is 16.4. The van der Waals surface area contributed by atoms with Crippen LogP contribution in [0.1, 0.15) is 17.0 Å². The van der Waals surface area contributed by atoms with Crippen LogP contribution in [0.25, 0.3) is 11.7 Å². The maximum Gasteiger partial charge on any atom is 0.255 e. The number of hydrogen-bond donors (Lipinski definition) is 1. The summed E-state index contributed by atoms with van der Waals surface area (Å²) in [5.41, 5.74) is 5.70. The number of hydrogen-bond acceptors (Lipinski definition) is 4. The van der Waals surface area contributed by atoms with E-state index in [1.54, 1.807) is 11.0 Å². The van der Waals surface area contributed by atoms with E-state index >= 15 is 0 Å².